The van der Waals surface area contributed by atoms with Crippen LogP contribution in [0.15, 0.2) is 12.4 Å². The minimum absolute atomic E-state index is 0.688. The van der Waals surface area contributed by atoms with Gasteiger partial charge in [0.15, 0.2) is 0 Å². The third kappa shape index (κ3) is 3.54. The normalized spacial score (nSPS) is 24.4. The zero-order chi connectivity index (χ0) is 12.1. The molecule has 0 aromatic carbocycles. The molecule has 17 heavy (non-hydrogen) atoms. The van der Waals surface area contributed by atoms with E-state index in [1.165, 1.54) is 24.8 Å². The minimum atomic E-state index is 0.688. The molecule has 1 heterocycles. The first-order chi connectivity index (χ1) is 8.29. The Balaban J connectivity index is 1.63. The van der Waals surface area contributed by atoms with E-state index in [0.29, 0.717) is 11.8 Å². The summed E-state index contributed by atoms with van der Waals surface area (Å²) in [5.41, 5.74) is 7.00. The van der Waals surface area contributed by atoms with Gasteiger partial charge in [-0.1, -0.05) is 6.42 Å². The van der Waals surface area contributed by atoms with Crippen molar-refractivity contribution in [2.45, 2.75) is 25.7 Å². The van der Waals surface area contributed by atoms with Crippen LogP contribution in [0.2, 0.25) is 0 Å². The van der Waals surface area contributed by atoms with Gasteiger partial charge in [0.25, 0.3) is 0 Å². The molecule has 2 atom stereocenters. The molecule has 1 aromatic heterocycles. The fraction of sp³-hybridized carbons (Fsp3) is 0.769. The largest absolute Gasteiger partial charge is 0.381 e. The Labute approximate surface area is 103 Å². The second-order valence-corrected chi connectivity index (χ2v) is 5.03. The molecule has 4 nitrogen and oxygen atoms in total. The van der Waals surface area contributed by atoms with Gasteiger partial charge in [0, 0.05) is 19.9 Å². The van der Waals surface area contributed by atoms with Crippen molar-refractivity contribution in [2.24, 2.45) is 24.6 Å². The van der Waals surface area contributed by atoms with Crippen molar-refractivity contribution in [2.75, 3.05) is 19.8 Å². The summed E-state index contributed by atoms with van der Waals surface area (Å²) in [6, 6.07) is 0. The van der Waals surface area contributed by atoms with Gasteiger partial charge in [0.05, 0.1) is 12.8 Å². The number of aromatic nitrogens is 2. The maximum atomic E-state index is 5.77. The molecule has 0 aliphatic heterocycles. The molecule has 1 aliphatic rings. The summed E-state index contributed by atoms with van der Waals surface area (Å²) < 4.78 is 7.60. The van der Waals surface area contributed by atoms with Gasteiger partial charge in [0.2, 0.25) is 0 Å². The van der Waals surface area contributed by atoms with Crippen molar-refractivity contribution in [3.8, 4) is 0 Å². The Kier molecular flexibility index (Phi) is 4.57. The van der Waals surface area contributed by atoms with Gasteiger partial charge in [0.1, 0.15) is 0 Å². The standard InChI is InChI=1S/C13H23N3O/c1-16-9-11(8-15-16)5-6-17-10-13-4-2-3-12(13)7-14/h8-9,12-13H,2-7,10,14H2,1H3. The highest BCUT2D eigenvalue weighted by molar-refractivity contribution is 5.03. The lowest BCUT2D eigenvalue weighted by Gasteiger charge is -2.17. The summed E-state index contributed by atoms with van der Waals surface area (Å²) in [5.74, 6) is 1.38. The van der Waals surface area contributed by atoms with Crippen molar-refractivity contribution in [1.82, 2.24) is 9.78 Å². The molecular weight excluding hydrogens is 214 g/mol. The Morgan fingerprint density at radius 1 is 1.47 bits per heavy atom. The van der Waals surface area contributed by atoms with Crippen LogP contribution in [0.3, 0.4) is 0 Å². The SMILES string of the molecule is Cn1cc(CCOCC2CCCC2CN)cn1. The molecule has 4 heteroatoms. The predicted molar refractivity (Wildman–Crippen MR) is 67.6 cm³/mol. The van der Waals surface area contributed by atoms with Crippen LogP contribution in [-0.4, -0.2) is 29.5 Å². The van der Waals surface area contributed by atoms with Gasteiger partial charge in [-0.15, -0.1) is 0 Å². The smallest absolute Gasteiger partial charge is 0.0522 e. The zero-order valence-corrected chi connectivity index (χ0v) is 10.6. The first-order valence-corrected chi connectivity index (χ1v) is 6.55. The maximum absolute atomic E-state index is 5.77. The molecular formula is C13H23N3O. The average Bonchev–Trinajstić information content (AvgIpc) is 2.93. The number of nitrogens with zero attached hydrogens (tertiary/aromatic N) is 2. The van der Waals surface area contributed by atoms with E-state index in [9.17, 15) is 0 Å². The summed E-state index contributed by atoms with van der Waals surface area (Å²) in [6.45, 7) is 2.48. The average molecular weight is 237 g/mol. The Morgan fingerprint density at radius 3 is 3.00 bits per heavy atom. The maximum Gasteiger partial charge on any atom is 0.0522 e. The van der Waals surface area contributed by atoms with Crippen LogP contribution < -0.4 is 5.73 Å². The van der Waals surface area contributed by atoms with Crippen LogP contribution in [0.1, 0.15) is 24.8 Å². The van der Waals surface area contributed by atoms with Crippen molar-refractivity contribution in [3.05, 3.63) is 18.0 Å². The van der Waals surface area contributed by atoms with Crippen LogP contribution in [0.4, 0.5) is 0 Å². The summed E-state index contributed by atoms with van der Waals surface area (Å²) in [4.78, 5) is 0. The highest BCUT2D eigenvalue weighted by atomic mass is 16.5. The number of nitrogens with two attached hydrogens (primary N) is 1. The lowest BCUT2D eigenvalue weighted by Crippen LogP contribution is -2.22. The molecule has 0 bridgehead atoms. The van der Waals surface area contributed by atoms with E-state index < -0.39 is 0 Å². The molecule has 2 unspecified atom stereocenters. The highest BCUT2D eigenvalue weighted by Crippen LogP contribution is 2.30. The molecule has 1 aromatic rings. The molecule has 2 N–H and O–H groups in total. The number of rotatable bonds is 6. The van der Waals surface area contributed by atoms with Crippen LogP contribution >= 0.6 is 0 Å². The number of hydrogen-bond acceptors (Lipinski definition) is 3. The van der Waals surface area contributed by atoms with E-state index in [2.05, 4.69) is 5.10 Å². The fourth-order valence-electron chi connectivity index (χ4n) is 2.67. The first-order valence-electron chi connectivity index (χ1n) is 6.55. The van der Waals surface area contributed by atoms with Crippen LogP contribution in [-0.2, 0) is 18.2 Å². The summed E-state index contributed by atoms with van der Waals surface area (Å²) in [6.07, 6.45) is 8.79. The van der Waals surface area contributed by atoms with Gasteiger partial charge in [-0.05, 0) is 43.2 Å². The summed E-state index contributed by atoms with van der Waals surface area (Å²) >= 11 is 0. The van der Waals surface area contributed by atoms with Crippen LogP contribution in [0.25, 0.3) is 0 Å². The molecule has 0 radical (unpaired) electrons. The van der Waals surface area contributed by atoms with E-state index in [0.717, 1.165) is 26.2 Å². The van der Waals surface area contributed by atoms with E-state index in [1.807, 2.05) is 24.1 Å². The molecule has 96 valence electrons. The molecule has 0 saturated heterocycles. The van der Waals surface area contributed by atoms with Crippen molar-refractivity contribution >= 4 is 0 Å². The number of aryl methyl sites for hydroxylation is 1. The van der Waals surface area contributed by atoms with Gasteiger partial charge in [-0.25, -0.2) is 0 Å². The van der Waals surface area contributed by atoms with E-state index in [1.54, 1.807) is 0 Å². The molecule has 2 rings (SSSR count). The van der Waals surface area contributed by atoms with Gasteiger partial charge in [-0.2, -0.15) is 5.10 Å². The monoisotopic (exact) mass is 237 g/mol. The third-order valence-corrected chi connectivity index (χ3v) is 3.74. The molecule has 0 amide bonds. The minimum Gasteiger partial charge on any atom is -0.381 e. The fourth-order valence-corrected chi connectivity index (χ4v) is 2.67. The molecule has 1 fully saturated rings. The second kappa shape index (κ2) is 6.17. The van der Waals surface area contributed by atoms with E-state index in [-0.39, 0.29) is 0 Å². The number of hydrogen-bond donors (Lipinski definition) is 1. The topological polar surface area (TPSA) is 53.1 Å². The van der Waals surface area contributed by atoms with E-state index >= 15 is 0 Å². The summed E-state index contributed by atoms with van der Waals surface area (Å²) in [7, 11) is 1.94. The third-order valence-electron chi connectivity index (χ3n) is 3.74. The second-order valence-electron chi connectivity index (χ2n) is 5.03. The van der Waals surface area contributed by atoms with Gasteiger partial charge >= 0.3 is 0 Å². The Bertz CT molecular complexity index is 337. The predicted octanol–water partition coefficient (Wildman–Crippen LogP) is 1.35. The Hall–Kier alpha value is -0.870. The van der Waals surface area contributed by atoms with Crippen molar-refractivity contribution < 1.29 is 4.74 Å². The molecule has 1 saturated carbocycles. The molecule has 0 spiro atoms. The van der Waals surface area contributed by atoms with Crippen molar-refractivity contribution in [1.29, 1.82) is 0 Å². The molecule has 1 aliphatic carbocycles. The van der Waals surface area contributed by atoms with Crippen molar-refractivity contribution in [3.63, 3.8) is 0 Å². The van der Waals surface area contributed by atoms with Crippen LogP contribution in [0.5, 0.6) is 0 Å². The van der Waals surface area contributed by atoms with Crippen LogP contribution in [0, 0.1) is 11.8 Å². The Morgan fingerprint density at radius 2 is 2.29 bits per heavy atom. The first kappa shape index (κ1) is 12.6. The zero-order valence-electron chi connectivity index (χ0n) is 10.6. The highest BCUT2D eigenvalue weighted by Gasteiger charge is 2.25. The van der Waals surface area contributed by atoms with Gasteiger partial charge in [-0.3, -0.25) is 4.68 Å². The van der Waals surface area contributed by atoms with Gasteiger partial charge < -0.3 is 10.5 Å². The lowest BCUT2D eigenvalue weighted by molar-refractivity contribution is 0.0892. The quantitative estimate of drug-likeness (QED) is 0.760. The summed E-state index contributed by atoms with van der Waals surface area (Å²) in [5, 5.41) is 4.14. The number of ether oxygens (including phenoxy) is 1. The van der Waals surface area contributed by atoms with E-state index in [4.69, 9.17) is 10.5 Å². The lowest BCUT2D eigenvalue weighted by atomic mass is 9.97.